The van der Waals surface area contributed by atoms with Gasteiger partial charge < -0.3 is 4.42 Å². The molecule has 0 spiro atoms. The number of sulfone groups is 1. The summed E-state index contributed by atoms with van der Waals surface area (Å²) >= 11 is 1.72. The molecular formula is C19H19N3O4S2. The lowest BCUT2D eigenvalue weighted by atomic mass is 10.2. The minimum atomic E-state index is -3.41. The Bertz CT molecular complexity index is 1110. The number of anilines is 1. The fourth-order valence-corrected chi connectivity index (χ4v) is 3.97. The average molecular weight is 418 g/mol. The Balaban J connectivity index is 1.77. The summed E-state index contributed by atoms with van der Waals surface area (Å²) < 4.78 is 28.8. The molecule has 3 aromatic rings. The molecule has 0 fully saturated rings. The van der Waals surface area contributed by atoms with Crippen molar-refractivity contribution in [2.75, 3.05) is 11.6 Å². The molecule has 0 bridgehead atoms. The number of carbonyl (C=O) groups excluding carboxylic acids is 1. The predicted octanol–water partition coefficient (Wildman–Crippen LogP) is 3.89. The molecule has 0 aliphatic carbocycles. The van der Waals surface area contributed by atoms with Crippen LogP contribution in [0.15, 0.2) is 62.7 Å². The van der Waals surface area contributed by atoms with E-state index in [9.17, 15) is 13.2 Å². The summed E-state index contributed by atoms with van der Waals surface area (Å²) in [5, 5.41) is 10.8. The Kier molecular flexibility index (Phi) is 5.85. The zero-order valence-electron chi connectivity index (χ0n) is 15.5. The molecule has 0 atom stereocenters. The Morgan fingerprint density at radius 2 is 1.86 bits per heavy atom. The Morgan fingerprint density at radius 1 is 1.11 bits per heavy atom. The van der Waals surface area contributed by atoms with Gasteiger partial charge >= 0.3 is 6.01 Å². The first-order valence-electron chi connectivity index (χ1n) is 8.44. The summed E-state index contributed by atoms with van der Waals surface area (Å²) in [4.78, 5) is 13.5. The van der Waals surface area contributed by atoms with Crippen LogP contribution in [0.3, 0.4) is 0 Å². The highest BCUT2D eigenvalue weighted by molar-refractivity contribution is 7.99. The van der Waals surface area contributed by atoms with E-state index < -0.39 is 15.7 Å². The number of hydrogen-bond donors (Lipinski definition) is 1. The Morgan fingerprint density at radius 3 is 2.57 bits per heavy atom. The second kappa shape index (κ2) is 8.15. The highest BCUT2D eigenvalue weighted by Crippen LogP contribution is 2.28. The van der Waals surface area contributed by atoms with Gasteiger partial charge in [0.2, 0.25) is 5.89 Å². The van der Waals surface area contributed by atoms with E-state index >= 15 is 0 Å². The molecule has 0 unspecified atom stereocenters. The molecule has 0 aliphatic rings. The van der Waals surface area contributed by atoms with Crippen LogP contribution in [0.2, 0.25) is 0 Å². The van der Waals surface area contributed by atoms with Gasteiger partial charge in [-0.25, -0.2) is 8.42 Å². The first kappa shape index (κ1) is 20.1. The van der Waals surface area contributed by atoms with Crippen molar-refractivity contribution in [2.45, 2.75) is 28.9 Å². The lowest BCUT2D eigenvalue weighted by Crippen LogP contribution is -2.13. The normalized spacial score (nSPS) is 11.6. The van der Waals surface area contributed by atoms with Crippen LogP contribution in [0.25, 0.3) is 11.5 Å². The summed E-state index contributed by atoms with van der Waals surface area (Å²) in [7, 11) is -3.41. The minimum absolute atomic E-state index is 0.0610. The van der Waals surface area contributed by atoms with Crippen LogP contribution in [0.1, 0.15) is 24.2 Å². The summed E-state index contributed by atoms with van der Waals surface area (Å²) in [6.07, 6.45) is 1.08. The van der Waals surface area contributed by atoms with Crippen molar-refractivity contribution < 1.29 is 17.6 Å². The summed E-state index contributed by atoms with van der Waals surface area (Å²) in [5.41, 5.74) is 0.927. The third-order valence-electron chi connectivity index (χ3n) is 3.62. The molecule has 146 valence electrons. The standard InChI is InChI=1S/C19H19N3O4S2/c1-12(2)27-15-8-4-7-14(10-15)18-21-22-19(26-18)20-17(23)13-6-5-9-16(11-13)28(3,24)25/h4-12H,1-3H3,(H,20,22,23). The highest BCUT2D eigenvalue weighted by Gasteiger charge is 2.15. The van der Waals surface area contributed by atoms with E-state index in [1.165, 1.54) is 24.3 Å². The van der Waals surface area contributed by atoms with Crippen LogP contribution >= 0.6 is 11.8 Å². The number of carbonyl (C=O) groups is 1. The number of benzene rings is 2. The monoisotopic (exact) mass is 417 g/mol. The van der Waals surface area contributed by atoms with Gasteiger partial charge in [-0.15, -0.1) is 16.9 Å². The number of aromatic nitrogens is 2. The van der Waals surface area contributed by atoms with E-state index in [0.717, 1.165) is 16.7 Å². The lowest BCUT2D eigenvalue weighted by Gasteiger charge is -2.05. The fourth-order valence-electron chi connectivity index (χ4n) is 2.40. The van der Waals surface area contributed by atoms with Gasteiger partial charge in [-0.05, 0) is 36.4 Å². The zero-order chi connectivity index (χ0) is 20.3. The second-order valence-electron chi connectivity index (χ2n) is 6.36. The Labute approximate surface area is 167 Å². The third kappa shape index (κ3) is 4.99. The van der Waals surface area contributed by atoms with Gasteiger partial charge in [0, 0.05) is 27.5 Å². The largest absolute Gasteiger partial charge is 0.403 e. The van der Waals surface area contributed by atoms with Crippen molar-refractivity contribution in [3.63, 3.8) is 0 Å². The maximum atomic E-state index is 12.4. The highest BCUT2D eigenvalue weighted by atomic mass is 32.2. The van der Waals surface area contributed by atoms with Crippen molar-refractivity contribution in [3.8, 4) is 11.5 Å². The molecule has 1 N–H and O–H groups in total. The Hall–Kier alpha value is -2.65. The molecule has 1 heterocycles. The van der Waals surface area contributed by atoms with Crippen molar-refractivity contribution in [1.82, 2.24) is 10.2 Å². The van der Waals surface area contributed by atoms with E-state index in [1.807, 2.05) is 24.3 Å². The van der Waals surface area contributed by atoms with Gasteiger partial charge in [-0.1, -0.05) is 31.1 Å². The first-order valence-corrected chi connectivity index (χ1v) is 11.2. The molecule has 9 heteroatoms. The van der Waals surface area contributed by atoms with Crippen LogP contribution in [0.4, 0.5) is 6.01 Å². The van der Waals surface area contributed by atoms with Crippen LogP contribution in [0, 0.1) is 0 Å². The second-order valence-corrected chi connectivity index (χ2v) is 10.0. The van der Waals surface area contributed by atoms with E-state index in [4.69, 9.17) is 4.42 Å². The smallest absolute Gasteiger partial charge is 0.322 e. The molecule has 2 aromatic carbocycles. The molecule has 0 radical (unpaired) electrons. The molecule has 0 saturated carbocycles. The quantitative estimate of drug-likeness (QED) is 0.607. The molecule has 1 aromatic heterocycles. The minimum Gasteiger partial charge on any atom is -0.403 e. The fraction of sp³-hybridized carbons (Fsp3) is 0.211. The summed E-state index contributed by atoms with van der Waals surface area (Å²) in [6.45, 7) is 4.22. The SMILES string of the molecule is CC(C)Sc1cccc(-c2nnc(NC(=O)c3cccc(S(C)(=O)=O)c3)o2)c1. The lowest BCUT2D eigenvalue weighted by molar-refractivity contribution is 0.102. The zero-order valence-corrected chi connectivity index (χ0v) is 17.2. The number of hydrogen-bond acceptors (Lipinski definition) is 7. The van der Waals surface area contributed by atoms with E-state index in [0.29, 0.717) is 5.25 Å². The molecule has 7 nitrogen and oxygen atoms in total. The van der Waals surface area contributed by atoms with Crippen molar-refractivity contribution in [2.24, 2.45) is 0 Å². The summed E-state index contributed by atoms with van der Waals surface area (Å²) in [5.74, 6) is -0.254. The molecular weight excluding hydrogens is 398 g/mol. The van der Waals surface area contributed by atoms with Gasteiger partial charge in [-0.3, -0.25) is 10.1 Å². The van der Waals surface area contributed by atoms with Gasteiger partial charge in [0.25, 0.3) is 5.91 Å². The van der Waals surface area contributed by atoms with Crippen LogP contribution in [0.5, 0.6) is 0 Å². The van der Waals surface area contributed by atoms with E-state index in [2.05, 4.69) is 29.4 Å². The number of thioether (sulfide) groups is 1. The topological polar surface area (TPSA) is 102 Å². The van der Waals surface area contributed by atoms with Gasteiger partial charge in [0.05, 0.1) is 4.90 Å². The van der Waals surface area contributed by atoms with Crippen molar-refractivity contribution >= 4 is 33.5 Å². The molecule has 3 rings (SSSR count). The maximum absolute atomic E-state index is 12.4. The molecule has 0 saturated heterocycles. The molecule has 0 aliphatic heterocycles. The van der Waals surface area contributed by atoms with Gasteiger partial charge in [0.15, 0.2) is 9.84 Å². The first-order chi connectivity index (χ1) is 13.2. The molecule has 1 amide bonds. The van der Waals surface area contributed by atoms with Crippen LogP contribution in [-0.4, -0.2) is 36.0 Å². The van der Waals surface area contributed by atoms with Crippen LogP contribution in [-0.2, 0) is 9.84 Å². The average Bonchev–Trinajstić information content (AvgIpc) is 3.09. The number of rotatable bonds is 6. The number of nitrogens with one attached hydrogen (secondary N) is 1. The van der Waals surface area contributed by atoms with Crippen molar-refractivity contribution in [1.29, 1.82) is 0 Å². The van der Waals surface area contributed by atoms with Gasteiger partial charge in [0.1, 0.15) is 0 Å². The maximum Gasteiger partial charge on any atom is 0.322 e. The summed E-state index contributed by atoms with van der Waals surface area (Å²) in [6, 6.07) is 13.4. The number of nitrogens with zero attached hydrogens (tertiary/aromatic N) is 2. The van der Waals surface area contributed by atoms with E-state index in [1.54, 1.807) is 11.8 Å². The van der Waals surface area contributed by atoms with E-state index in [-0.39, 0.29) is 22.4 Å². The molecule has 28 heavy (non-hydrogen) atoms. The van der Waals surface area contributed by atoms with Gasteiger partial charge in [-0.2, -0.15) is 0 Å². The van der Waals surface area contributed by atoms with Crippen LogP contribution < -0.4 is 5.32 Å². The number of amides is 1. The third-order valence-corrected chi connectivity index (χ3v) is 5.73. The van der Waals surface area contributed by atoms with Crippen molar-refractivity contribution in [3.05, 3.63) is 54.1 Å². The predicted molar refractivity (Wildman–Crippen MR) is 108 cm³/mol.